The van der Waals surface area contributed by atoms with E-state index in [2.05, 4.69) is 15.1 Å². The van der Waals surface area contributed by atoms with Crippen LogP contribution in [0.3, 0.4) is 0 Å². The first-order valence-electron chi connectivity index (χ1n) is 9.22. The molecule has 2 atom stereocenters. The van der Waals surface area contributed by atoms with E-state index in [4.69, 9.17) is 16.0 Å². The highest BCUT2D eigenvalue weighted by Crippen LogP contribution is 2.35. The molecule has 0 radical (unpaired) electrons. The second kappa shape index (κ2) is 8.01. The molecule has 1 saturated heterocycles. The number of thioether (sulfide) groups is 1. The fraction of sp³-hybridized carbons (Fsp3) is 0.526. The van der Waals surface area contributed by atoms with Crippen LogP contribution in [0.5, 0.6) is 0 Å². The summed E-state index contributed by atoms with van der Waals surface area (Å²) in [5, 5.41) is 9.16. The Kier molecular flexibility index (Phi) is 5.50. The van der Waals surface area contributed by atoms with Gasteiger partial charge in [0.2, 0.25) is 11.8 Å². The van der Waals surface area contributed by atoms with Crippen LogP contribution in [-0.2, 0) is 4.79 Å². The van der Waals surface area contributed by atoms with E-state index in [0.717, 1.165) is 24.9 Å². The lowest BCUT2D eigenvalue weighted by Gasteiger charge is -2.44. The predicted octanol–water partition coefficient (Wildman–Crippen LogP) is 4.66. The molecule has 0 bridgehead atoms. The highest BCUT2D eigenvalue weighted by atomic mass is 35.5. The van der Waals surface area contributed by atoms with Crippen LogP contribution >= 0.6 is 23.4 Å². The van der Waals surface area contributed by atoms with E-state index in [1.54, 1.807) is 12.1 Å². The molecule has 0 N–H and O–H groups in total. The van der Waals surface area contributed by atoms with E-state index in [1.807, 2.05) is 12.1 Å². The third kappa shape index (κ3) is 3.91. The molecule has 4 rings (SSSR count). The molecule has 1 amide bonds. The molecule has 1 saturated carbocycles. The number of likely N-dealkylation sites (tertiary alicyclic amines) is 1. The predicted molar refractivity (Wildman–Crippen MR) is 102 cm³/mol. The molecule has 2 heterocycles. The van der Waals surface area contributed by atoms with Gasteiger partial charge < -0.3 is 9.32 Å². The number of hydrogen-bond acceptors (Lipinski definition) is 5. The molecule has 0 unspecified atom stereocenters. The summed E-state index contributed by atoms with van der Waals surface area (Å²) < 4.78 is 5.68. The van der Waals surface area contributed by atoms with Gasteiger partial charge in [-0.05, 0) is 49.8 Å². The third-order valence-corrected chi connectivity index (χ3v) is 6.40. The maximum Gasteiger partial charge on any atom is 0.277 e. The van der Waals surface area contributed by atoms with Crippen molar-refractivity contribution in [2.75, 3.05) is 12.3 Å². The summed E-state index contributed by atoms with van der Waals surface area (Å²) in [6.07, 6.45) is 7.37. The molecule has 1 aromatic heterocycles. The van der Waals surface area contributed by atoms with Gasteiger partial charge in [0.05, 0.1) is 5.75 Å². The van der Waals surface area contributed by atoms with Crippen molar-refractivity contribution < 1.29 is 9.21 Å². The quantitative estimate of drug-likeness (QED) is 0.709. The number of rotatable bonds is 4. The van der Waals surface area contributed by atoms with Crippen LogP contribution in [0.2, 0.25) is 5.02 Å². The second-order valence-corrected chi connectivity index (χ2v) is 8.38. The smallest absolute Gasteiger partial charge is 0.277 e. The molecule has 5 nitrogen and oxygen atoms in total. The van der Waals surface area contributed by atoms with Crippen molar-refractivity contribution in [2.45, 2.75) is 49.8 Å². The molecular weight excluding hydrogens is 370 g/mol. The number of piperidine rings is 1. The van der Waals surface area contributed by atoms with Gasteiger partial charge in [0.1, 0.15) is 0 Å². The Bertz CT molecular complexity index is 780. The van der Waals surface area contributed by atoms with Crippen LogP contribution in [0.1, 0.15) is 38.5 Å². The van der Waals surface area contributed by atoms with Gasteiger partial charge in [-0.3, -0.25) is 4.79 Å². The number of fused-ring (bicyclic) bond motifs is 1. The second-order valence-electron chi connectivity index (χ2n) is 7.01. The molecule has 26 heavy (non-hydrogen) atoms. The van der Waals surface area contributed by atoms with E-state index in [0.29, 0.717) is 33.8 Å². The summed E-state index contributed by atoms with van der Waals surface area (Å²) in [4.78, 5) is 14.9. The van der Waals surface area contributed by atoms with Gasteiger partial charge in [0, 0.05) is 23.2 Å². The lowest BCUT2D eigenvalue weighted by molar-refractivity contribution is -0.134. The minimum Gasteiger partial charge on any atom is -0.411 e. The maximum absolute atomic E-state index is 12.7. The van der Waals surface area contributed by atoms with Crippen LogP contribution in [0.15, 0.2) is 33.9 Å². The fourth-order valence-electron chi connectivity index (χ4n) is 4.15. The monoisotopic (exact) mass is 391 g/mol. The Morgan fingerprint density at radius 1 is 1.23 bits per heavy atom. The molecule has 0 spiro atoms. The van der Waals surface area contributed by atoms with Crippen LogP contribution in [0.4, 0.5) is 0 Å². The average molecular weight is 392 g/mol. The number of nitrogens with zero attached hydrogens (tertiary/aromatic N) is 3. The lowest BCUT2D eigenvalue weighted by Crippen LogP contribution is -2.50. The largest absolute Gasteiger partial charge is 0.411 e. The molecule has 138 valence electrons. The zero-order valence-corrected chi connectivity index (χ0v) is 16.1. The number of hydrogen-bond donors (Lipinski definition) is 0. The Labute approximate surface area is 162 Å². The summed E-state index contributed by atoms with van der Waals surface area (Å²) in [7, 11) is 0. The van der Waals surface area contributed by atoms with E-state index < -0.39 is 0 Å². The van der Waals surface area contributed by atoms with Crippen molar-refractivity contribution in [2.24, 2.45) is 5.92 Å². The Balaban J connectivity index is 1.37. The van der Waals surface area contributed by atoms with Gasteiger partial charge in [0.15, 0.2) is 0 Å². The van der Waals surface area contributed by atoms with E-state index >= 15 is 0 Å². The Hall–Kier alpha value is -1.53. The van der Waals surface area contributed by atoms with Crippen molar-refractivity contribution in [1.29, 1.82) is 0 Å². The molecule has 2 fully saturated rings. The van der Waals surface area contributed by atoms with E-state index in [1.165, 1.54) is 37.4 Å². The first-order chi connectivity index (χ1) is 12.7. The summed E-state index contributed by atoms with van der Waals surface area (Å²) in [5.74, 6) is 1.66. The first-order valence-corrected chi connectivity index (χ1v) is 10.6. The zero-order valence-electron chi connectivity index (χ0n) is 14.6. The van der Waals surface area contributed by atoms with Crippen molar-refractivity contribution in [1.82, 2.24) is 15.1 Å². The van der Waals surface area contributed by atoms with Gasteiger partial charge in [0.25, 0.3) is 5.22 Å². The summed E-state index contributed by atoms with van der Waals surface area (Å²) >= 11 is 7.32. The normalized spacial score (nSPS) is 22.9. The number of benzene rings is 1. The van der Waals surface area contributed by atoms with Crippen LogP contribution in [0, 0.1) is 5.92 Å². The number of amides is 1. The molecule has 1 aromatic carbocycles. The van der Waals surface area contributed by atoms with Gasteiger partial charge in [-0.25, -0.2) is 0 Å². The summed E-state index contributed by atoms with van der Waals surface area (Å²) in [5.41, 5.74) is 0.782. The number of carbonyl (C=O) groups excluding carboxylic acids is 1. The van der Waals surface area contributed by atoms with E-state index in [-0.39, 0.29) is 5.91 Å². The minimum absolute atomic E-state index is 0.189. The van der Waals surface area contributed by atoms with Crippen molar-refractivity contribution in [3.63, 3.8) is 0 Å². The minimum atomic E-state index is 0.189. The molecular formula is C19H22ClN3O2S. The Morgan fingerprint density at radius 3 is 2.96 bits per heavy atom. The summed E-state index contributed by atoms with van der Waals surface area (Å²) in [6.45, 7) is 0.887. The van der Waals surface area contributed by atoms with Crippen LogP contribution < -0.4 is 0 Å². The third-order valence-electron chi connectivity index (χ3n) is 5.36. The van der Waals surface area contributed by atoms with Crippen molar-refractivity contribution in [3.05, 3.63) is 29.3 Å². The highest BCUT2D eigenvalue weighted by Gasteiger charge is 2.35. The number of carbonyl (C=O) groups is 1. The number of halogens is 1. The standard InChI is InChI=1S/C19H22ClN3O2S/c20-15-8-3-6-14(11-15)18-21-22-19(25-18)26-12-17(24)23-10-4-7-13-5-1-2-9-16(13)23/h3,6,8,11,13,16H,1-2,4-5,7,9-10,12H2/t13-,16-/m0/s1. The molecule has 1 aliphatic heterocycles. The van der Waals surface area contributed by atoms with Gasteiger partial charge in [-0.1, -0.05) is 42.3 Å². The van der Waals surface area contributed by atoms with Gasteiger partial charge in [-0.2, -0.15) is 0 Å². The fourth-order valence-corrected chi connectivity index (χ4v) is 4.99. The van der Waals surface area contributed by atoms with Crippen molar-refractivity contribution >= 4 is 29.3 Å². The lowest BCUT2D eigenvalue weighted by atomic mass is 9.78. The van der Waals surface area contributed by atoms with Crippen molar-refractivity contribution in [3.8, 4) is 11.5 Å². The molecule has 7 heteroatoms. The molecule has 2 aromatic rings. The SMILES string of the molecule is O=C(CSc1nnc(-c2cccc(Cl)c2)o1)N1CCC[C@@H]2CCCC[C@@H]21. The molecule has 1 aliphatic carbocycles. The number of aromatic nitrogens is 2. The van der Waals surface area contributed by atoms with Crippen LogP contribution in [-0.4, -0.2) is 39.3 Å². The van der Waals surface area contributed by atoms with E-state index in [9.17, 15) is 4.79 Å². The first kappa shape index (κ1) is 17.9. The summed E-state index contributed by atoms with van der Waals surface area (Å²) in [6, 6.07) is 7.74. The molecule has 2 aliphatic rings. The maximum atomic E-state index is 12.7. The van der Waals surface area contributed by atoms with Gasteiger partial charge in [-0.15, -0.1) is 10.2 Å². The Morgan fingerprint density at radius 2 is 2.08 bits per heavy atom. The topological polar surface area (TPSA) is 59.2 Å². The zero-order chi connectivity index (χ0) is 17.9. The average Bonchev–Trinajstić information content (AvgIpc) is 3.15. The van der Waals surface area contributed by atoms with Gasteiger partial charge >= 0.3 is 0 Å². The van der Waals surface area contributed by atoms with Crippen LogP contribution in [0.25, 0.3) is 11.5 Å². The highest BCUT2D eigenvalue weighted by molar-refractivity contribution is 7.99.